The molecular weight excluding hydrogens is 248 g/mol. The van der Waals surface area contributed by atoms with Crippen LogP contribution in [-0.4, -0.2) is 0 Å². The van der Waals surface area contributed by atoms with Crippen LogP contribution in [0.1, 0.15) is 16.7 Å². The molecule has 1 heterocycles. The molecule has 0 bridgehead atoms. The highest BCUT2D eigenvalue weighted by Gasteiger charge is 2.02. The van der Waals surface area contributed by atoms with Gasteiger partial charge in [0.1, 0.15) is 5.58 Å². The van der Waals surface area contributed by atoms with Crippen LogP contribution >= 0.6 is 0 Å². The summed E-state index contributed by atoms with van der Waals surface area (Å²) in [6.07, 6.45) is 4.12. The molecule has 2 aromatic carbocycles. The molecule has 0 saturated heterocycles. The number of hydrogen-bond donors (Lipinski definition) is 0. The first-order chi connectivity index (χ1) is 9.72. The van der Waals surface area contributed by atoms with Gasteiger partial charge < -0.3 is 4.42 Å². The van der Waals surface area contributed by atoms with Gasteiger partial charge in [0.15, 0.2) is 0 Å². The normalized spacial score (nSPS) is 11.2. The molecule has 2 heteroatoms. The van der Waals surface area contributed by atoms with E-state index < -0.39 is 0 Å². The van der Waals surface area contributed by atoms with Crippen molar-refractivity contribution in [3.05, 3.63) is 81.7 Å². The first-order valence-corrected chi connectivity index (χ1v) is 6.50. The fourth-order valence-electron chi connectivity index (χ4n) is 2.20. The van der Waals surface area contributed by atoms with E-state index in [1.165, 1.54) is 6.07 Å². The third-order valence-electron chi connectivity index (χ3n) is 3.24. The van der Waals surface area contributed by atoms with Crippen molar-refractivity contribution in [3.63, 3.8) is 0 Å². The Morgan fingerprint density at radius 2 is 1.65 bits per heavy atom. The smallest absolute Gasteiger partial charge is 0.336 e. The second kappa shape index (κ2) is 5.17. The van der Waals surface area contributed by atoms with E-state index in [4.69, 9.17) is 4.42 Å². The molecule has 1 aromatic heterocycles. The van der Waals surface area contributed by atoms with Gasteiger partial charge in [0.05, 0.1) is 0 Å². The molecule has 0 aliphatic heterocycles. The Bertz CT molecular complexity index is 827. The largest absolute Gasteiger partial charge is 0.423 e. The molecule has 0 aliphatic carbocycles. The molecule has 0 aliphatic rings. The van der Waals surface area contributed by atoms with E-state index in [2.05, 4.69) is 24.3 Å². The summed E-state index contributed by atoms with van der Waals surface area (Å²) in [7, 11) is 0. The van der Waals surface area contributed by atoms with Gasteiger partial charge in [-0.2, -0.15) is 0 Å². The molecule has 0 unspecified atom stereocenters. The summed E-state index contributed by atoms with van der Waals surface area (Å²) in [5.74, 6) is 0. The molecule has 0 saturated carbocycles. The van der Waals surface area contributed by atoms with Crippen molar-refractivity contribution in [2.75, 3.05) is 0 Å². The van der Waals surface area contributed by atoms with Crippen LogP contribution in [0.15, 0.2) is 63.8 Å². The fraction of sp³-hybridized carbons (Fsp3) is 0.0556. The van der Waals surface area contributed by atoms with Crippen molar-refractivity contribution >= 4 is 23.1 Å². The summed E-state index contributed by atoms with van der Waals surface area (Å²) in [4.78, 5) is 11.3. The van der Waals surface area contributed by atoms with Gasteiger partial charge in [0.25, 0.3) is 0 Å². The van der Waals surface area contributed by atoms with Crippen LogP contribution in [0, 0.1) is 6.92 Å². The zero-order valence-electron chi connectivity index (χ0n) is 11.2. The summed E-state index contributed by atoms with van der Waals surface area (Å²) in [6, 6.07) is 17.5. The Balaban J connectivity index is 2.01. The molecule has 0 spiro atoms. The topological polar surface area (TPSA) is 30.2 Å². The molecule has 0 N–H and O–H groups in total. The van der Waals surface area contributed by atoms with Gasteiger partial charge in [-0.05, 0) is 35.7 Å². The maximum Gasteiger partial charge on any atom is 0.336 e. The van der Waals surface area contributed by atoms with Gasteiger partial charge in [0, 0.05) is 11.5 Å². The molecule has 0 atom stereocenters. The average Bonchev–Trinajstić information content (AvgIpc) is 2.46. The van der Waals surface area contributed by atoms with E-state index in [0.717, 1.165) is 22.1 Å². The Kier molecular flexibility index (Phi) is 3.21. The first kappa shape index (κ1) is 12.4. The standard InChI is InChI=1S/C18H14O2/c1-13-11-18(19)20-17-10-9-15(12-16(13)17)8-7-14-5-3-2-4-6-14/h2-12H,1H3/b8-7+. The predicted molar refractivity (Wildman–Crippen MR) is 82.6 cm³/mol. The van der Waals surface area contributed by atoms with Crippen molar-refractivity contribution in [2.45, 2.75) is 6.92 Å². The Hall–Kier alpha value is -2.61. The summed E-state index contributed by atoms with van der Waals surface area (Å²) in [5, 5.41) is 0.972. The highest BCUT2D eigenvalue weighted by Crippen LogP contribution is 2.19. The minimum atomic E-state index is -0.303. The maximum absolute atomic E-state index is 11.3. The Morgan fingerprint density at radius 3 is 2.45 bits per heavy atom. The van der Waals surface area contributed by atoms with Crippen molar-refractivity contribution in [1.82, 2.24) is 0 Å². The first-order valence-electron chi connectivity index (χ1n) is 6.50. The van der Waals surface area contributed by atoms with Crippen LogP contribution in [0.2, 0.25) is 0 Å². The molecule has 3 rings (SSSR count). The SMILES string of the molecule is Cc1cc(=O)oc2ccc(/C=C/c3ccccc3)cc12. The number of aryl methyl sites for hydroxylation is 1. The number of fused-ring (bicyclic) bond motifs is 1. The van der Waals surface area contributed by atoms with Crippen LogP contribution in [-0.2, 0) is 0 Å². The van der Waals surface area contributed by atoms with Gasteiger partial charge in [-0.25, -0.2) is 4.79 Å². The van der Waals surface area contributed by atoms with E-state index in [1.54, 1.807) is 0 Å². The van der Waals surface area contributed by atoms with Crippen molar-refractivity contribution in [3.8, 4) is 0 Å². The maximum atomic E-state index is 11.3. The molecular formula is C18H14O2. The molecule has 3 aromatic rings. The van der Waals surface area contributed by atoms with Gasteiger partial charge in [-0.3, -0.25) is 0 Å². The van der Waals surface area contributed by atoms with Crippen LogP contribution in [0.5, 0.6) is 0 Å². The van der Waals surface area contributed by atoms with Crippen LogP contribution in [0.4, 0.5) is 0 Å². The van der Waals surface area contributed by atoms with Gasteiger partial charge in [0.2, 0.25) is 0 Å². The quantitative estimate of drug-likeness (QED) is 0.510. The van der Waals surface area contributed by atoms with Crippen LogP contribution in [0.25, 0.3) is 23.1 Å². The Labute approximate surface area is 117 Å². The monoisotopic (exact) mass is 262 g/mol. The highest BCUT2D eigenvalue weighted by molar-refractivity contribution is 5.84. The van der Waals surface area contributed by atoms with Crippen molar-refractivity contribution in [2.24, 2.45) is 0 Å². The minimum Gasteiger partial charge on any atom is -0.423 e. The van der Waals surface area contributed by atoms with Crippen LogP contribution in [0.3, 0.4) is 0 Å². The summed E-state index contributed by atoms with van der Waals surface area (Å²) in [5.41, 5.74) is 3.50. The average molecular weight is 262 g/mol. The fourth-order valence-corrected chi connectivity index (χ4v) is 2.20. The van der Waals surface area contributed by atoms with Crippen molar-refractivity contribution in [1.29, 1.82) is 0 Å². The van der Waals surface area contributed by atoms with Gasteiger partial charge >= 0.3 is 5.63 Å². The van der Waals surface area contributed by atoms with Crippen LogP contribution < -0.4 is 5.63 Å². The van der Waals surface area contributed by atoms with E-state index in [0.29, 0.717) is 5.58 Å². The van der Waals surface area contributed by atoms with Gasteiger partial charge in [-0.15, -0.1) is 0 Å². The lowest BCUT2D eigenvalue weighted by molar-refractivity contribution is 0.560. The summed E-state index contributed by atoms with van der Waals surface area (Å²) < 4.78 is 5.18. The lowest BCUT2D eigenvalue weighted by Crippen LogP contribution is -1.97. The van der Waals surface area contributed by atoms with E-state index in [9.17, 15) is 4.79 Å². The van der Waals surface area contributed by atoms with E-state index in [-0.39, 0.29) is 5.63 Å². The molecule has 0 fully saturated rings. The van der Waals surface area contributed by atoms with Gasteiger partial charge in [-0.1, -0.05) is 48.6 Å². The second-order valence-corrected chi connectivity index (χ2v) is 4.75. The molecule has 2 nitrogen and oxygen atoms in total. The molecule has 0 amide bonds. The second-order valence-electron chi connectivity index (χ2n) is 4.75. The number of benzene rings is 2. The van der Waals surface area contributed by atoms with Crippen molar-refractivity contribution < 1.29 is 4.42 Å². The molecule has 20 heavy (non-hydrogen) atoms. The zero-order chi connectivity index (χ0) is 13.9. The molecule has 0 radical (unpaired) electrons. The lowest BCUT2D eigenvalue weighted by Gasteiger charge is -2.01. The third kappa shape index (κ3) is 2.54. The summed E-state index contributed by atoms with van der Waals surface area (Å²) in [6.45, 7) is 1.92. The zero-order valence-corrected chi connectivity index (χ0v) is 11.2. The third-order valence-corrected chi connectivity index (χ3v) is 3.24. The Morgan fingerprint density at radius 1 is 0.900 bits per heavy atom. The van der Waals surface area contributed by atoms with E-state index in [1.807, 2.05) is 43.3 Å². The predicted octanol–water partition coefficient (Wildman–Crippen LogP) is 4.27. The minimum absolute atomic E-state index is 0.303. The molecule has 98 valence electrons. The summed E-state index contributed by atoms with van der Waals surface area (Å²) >= 11 is 0. The number of hydrogen-bond acceptors (Lipinski definition) is 2. The van der Waals surface area contributed by atoms with E-state index >= 15 is 0 Å². The lowest BCUT2D eigenvalue weighted by atomic mass is 10.1. The number of rotatable bonds is 2. The highest BCUT2D eigenvalue weighted by atomic mass is 16.4.